The smallest absolute Gasteiger partial charge is 0.416 e. The van der Waals surface area contributed by atoms with E-state index in [2.05, 4.69) is 0 Å². The number of rotatable bonds is 4. The summed E-state index contributed by atoms with van der Waals surface area (Å²) in [5.74, 6) is -2.66. The van der Waals surface area contributed by atoms with E-state index in [0.29, 0.717) is 0 Å². The molecule has 0 aromatic heterocycles. The Kier molecular flexibility index (Phi) is 4.44. The minimum Gasteiger partial charge on any atom is -0.460 e. The standard InChI is InChI=1S/C23H18F3NO4/c24-23(25,26)15-7-4-8-16(11-15)27-13-22-10-9-17(31-22)18(19(22)20(27)28)21(29)30-12-14-5-2-1-3-6-14/h1-11,17-19H,12-13H2/t17-,18-,19-,22+/m1/s1. The highest BCUT2D eigenvalue weighted by molar-refractivity contribution is 6.02. The molecule has 31 heavy (non-hydrogen) atoms. The third-order valence-electron chi connectivity index (χ3n) is 6.08. The summed E-state index contributed by atoms with van der Waals surface area (Å²) in [5, 5.41) is 0. The summed E-state index contributed by atoms with van der Waals surface area (Å²) in [6.45, 7) is 0.116. The van der Waals surface area contributed by atoms with Gasteiger partial charge in [-0.25, -0.2) is 0 Å². The van der Waals surface area contributed by atoms with Crippen LogP contribution >= 0.6 is 0 Å². The molecule has 1 spiro atoms. The summed E-state index contributed by atoms with van der Waals surface area (Å²) in [6, 6.07) is 13.8. The highest BCUT2D eigenvalue weighted by Crippen LogP contribution is 2.53. The average Bonchev–Trinajstić information content (AvgIpc) is 3.40. The molecule has 3 heterocycles. The third kappa shape index (κ3) is 3.22. The number of carbonyl (C=O) groups is 2. The maximum Gasteiger partial charge on any atom is 0.416 e. The summed E-state index contributed by atoms with van der Waals surface area (Å²) >= 11 is 0. The van der Waals surface area contributed by atoms with E-state index in [-0.39, 0.29) is 18.8 Å². The van der Waals surface area contributed by atoms with Gasteiger partial charge in [-0.3, -0.25) is 9.59 Å². The van der Waals surface area contributed by atoms with Crippen LogP contribution < -0.4 is 4.90 Å². The van der Waals surface area contributed by atoms with E-state index < -0.39 is 47.2 Å². The molecule has 5 nitrogen and oxygen atoms in total. The van der Waals surface area contributed by atoms with E-state index in [1.807, 2.05) is 30.3 Å². The van der Waals surface area contributed by atoms with Gasteiger partial charge in [-0.15, -0.1) is 0 Å². The number of carbonyl (C=O) groups excluding carboxylic acids is 2. The molecule has 1 amide bonds. The molecule has 0 N–H and O–H groups in total. The molecule has 160 valence electrons. The maximum atomic E-state index is 13.2. The van der Waals surface area contributed by atoms with E-state index in [4.69, 9.17) is 9.47 Å². The van der Waals surface area contributed by atoms with Gasteiger partial charge in [0.25, 0.3) is 0 Å². The Labute approximate surface area is 176 Å². The first kappa shape index (κ1) is 19.8. The van der Waals surface area contributed by atoms with Crippen molar-refractivity contribution in [2.45, 2.75) is 24.5 Å². The van der Waals surface area contributed by atoms with Gasteiger partial charge in [0.05, 0.1) is 24.1 Å². The van der Waals surface area contributed by atoms with Gasteiger partial charge in [0.1, 0.15) is 18.1 Å². The molecule has 8 heteroatoms. The van der Waals surface area contributed by atoms with E-state index in [1.54, 1.807) is 12.2 Å². The minimum atomic E-state index is -4.52. The Balaban J connectivity index is 1.39. The van der Waals surface area contributed by atoms with Gasteiger partial charge in [-0.2, -0.15) is 13.2 Å². The molecular weight excluding hydrogens is 411 g/mol. The quantitative estimate of drug-likeness (QED) is 0.549. The first-order chi connectivity index (χ1) is 14.8. The van der Waals surface area contributed by atoms with Crippen LogP contribution in [0.25, 0.3) is 0 Å². The number of halogens is 3. The lowest BCUT2D eigenvalue weighted by molar-refractivity contribution is -0.153. The van der Waals surface area contributed by atoms with Crippen LogP contribution in [-0.4, -0.2) is 30.1 Å². The molecule has 2 aromatic carbocycles. The van der Waals surface area contributed by atoms with Crippen molar-refractivity contribution in [3.05, 3.63) is 77.9 Å². The SMILES string of the molecule is O=C(OCc1ccccc1)[C@@H]1[C@H]2C=C[C@@]3(CN(c4cccc(C(F)(F)F)c4)C(=O)[C@@H]13)O2. The Morgan fingerprint density at radius 2 is 1.94 bits per heavy atom. The Bertz CT molecular complexity index is 1070. The van der Waals surface area contributed by atoms with Crippen LogP contribution in [0.4, 0.5) is 18.9 Å². The average molecular weight is 429 g/mol. The molecule has 2 bridgehead atoms. The van der Waals surface area contributed by atoms with Gasteiger partial charge in [-0.1, -0.05) is 48.6 Å². The Hall–Kier alpha value is -3.13. The van der Waals surface area contributed by atoms with Crippen molar-refractivity contribution in [2.24, 2.45) is 11.8 Å². The lowest BCUT2D eigenvalue weighted by Gasteiger charge is -2.22. The zero-order valence-electron chi connectivity index (χ0n) is 16.2. The van der Waals surface area contributed by atoms with Crippen molar-refractivity contribution in [1.82, 2.24) is 0 Å². The molecule has 4 atom stereocenters. The molecule has 0 aliphatic carbocycles. The molecule has 0 radical (unpaired) electrons. The van der Waals surface area contributed by atoms with E-state index in [1.165, 1.54) is 17.0 Å². The van der Waals surface area contributed by atoms with Crippen LogP contribution in [0.2, 0.25) is 0 Å². The minimum absolute atomic E-state index is 0.0489. The number of esters is 1. The van der Waals surface area contributed by atoms with E-state index in [9.17, 15) is 22.8 Å². The second-order valence-electron chi connectivity index (χ2n) is 7.97. The van der Waals surface area contributed by atoms with Crippen molar-refractivity contribution in [3.63, 3.8) is 0 Å². The normalized spacial score (nSPS) is 28.8. The second-order valence-corrected chi connectivity index (χ2v) is 7.97. The largest absolute Gasteiger partial charge is 0.460 e. The number of fused-ring (bicyclic) bond motifs is 1. The first-order valence-corrected chi connectivity index (χ1v) is 9.85. The highest BCUT2D eigenvalue weighted by atomic mass is 19.4. The van der Waals surface area contributed by atoms with Gasteiger partial charge < -0.3 is 14.4 Å². The fourth-order valence-corrected chi connectivity index (χ4v) is 4.66. The number of ether oxygens (including phenoxy) is 2. The van der Waals surface area contributed by atoms with Crippen molar-refractivity contribution >= 4 is 17.6 Å². The number of hydrogen-bond donors (Lipinski definition) is 0. The van der Waals surface area contributed by atoms with Crippen molar-refractivity contribution < 1.29 is 32.2 Å². The van der Waals surface area contributed by atoms with Crippen molar-refractivity contribution in [2.75, 3.05) is 11.4 Å². The number of hydrogen-bond acceptors (Lipinski definition) is 4. The lowest BCUT2D eigenvalue weighted by atomic mass is 9.77. The third-order valence-corrected chi connectivity index (χ3v) is 6.08. The molecule has 2 aromatic rings. The summed E-state index contributed by atoms with van der Waals surface area (Å²) in [7, 11) is 0. The number of alkyl halides is 3. The topological polar surface area (TPSA) is 55.8 Å². The number of nitrogens with zero attached hydrogens (tertiary/aromatic N) is 1. The lowest BCUT2D eigenvalue weighted by Crippen LogP contribution is -2.40. The molecule has 2 saturated heterocycles. The summed E-state index contributed by atoms with van der Waals surface area (Å²) in [6.07, 6.45) is -1.63. The fourth-order valence-electron chi connectivity index (χ4n) is 4.66. The molecule has 0 saturated carbocycles. The van der Waals surface area contributed by atoms with Crippen LogP contribution in [0.5, 0.6) is 0 Å². The van der Waals surface area contributed by atoms with Gasteiger partial charge in [-0.05, 0) is 23.8 Å². The van der Waals surface area contributed by atoms with Crippen LogP contribution in [0.15, 0.2) is 66.7 Å². The van der Waals surface area contributed by atoms with Gasteiger partial charge >= 0.3 is 12.1 Å². The van der Waals surface area contributed by atoms with Crippen LogP contribution in [0.1, 0.15) is 11.1 Å². The van der Waals surface area contributed by atoms with E-state index in [0.717, 1.165) is 17.7 Å². The Morgan fingerprint density at radius 1 is 1.16 bits per heavy atom. The van der Waals surface area contributed by atoms with Gasteiger partial charge in [0.2, 0.25) is 5.91 Å². The molecule has 0 unspecified atom stereocenters. The second kappa shape index (κ2) is 6.95. The predicted molar refractivity (Wildman–Crippen MR) is 104 cm³/mol. The van der Waals surface area contributed by atoms with Crippen molar-refractivity contribution in [1.29, 1.82) is 0 Å². The fraction of sp³-hybridized carbons (Fsp3) is 0.304. The zero-order chi connectivity index (χ0) is 21.8. The van der Waals surface area contributed by atoms with Crippen LogP contribution in [0.3, 0.4) is 0 Å². The highest BCUT2D eigenvalue weighted by Gasteiger charge is 2.67. The summed E-state index contributed by atoms with van der Waals surface area (Å²) in [4.78, 5) is 27.4. The zero-order valence-corrected chi connectivity index (χ0v) is 16.2. The molecule has 3 aliphatic heterocycles. The van der Waals surface area contributed by atoms with E-state index >= 15 is 0 Å². The molecular formula is C23H18F3NO4. The predicted octanol–water partition coefficient (Wildman–Crippen LogP) is 3.74. The maximum absolute atomic E-state index is 13.2. The molecule has 5 rings (SSSR count). The van der Waals surface area contributed by atoms with Gasteiger partial charge in [0, 0.05) is 5.69 Å². The number of benzene rings is 2. The monoisotopic (exact) mass is 429 g/mol. The molecule has 3 aliphatic rings. The van der Waals surface area contributed by atoms with Gasteiger partial charge in [0.15, 0.2) is 0 Å². The van der Waals surface area contributed by atoms with Crippen molar-refractivity contribution in [3.8, 4) is 0 Å². The first-order valence-electron chi connectivity index (χ1n) is 9.85. The number of anilines is 1. The van der Waals surface area contributed by atoms with Crippen LogP contribution in [-0.2, 0) is 31.8 Å². The summed E-state index contributed by atoms with van der Waals surface area (Å²) < 4.78 is 50.8. The summed E-state index contributed by atoms with van der Waals surface area (Å²) in [5.41, 5.74) is -0.937. The van der Waals surface area contributed by atoms with Crippen LogP contribution in [0, 0.1) is 11.8 Å². The Morgan fingerprint density at radius 3 is 2.68 bits per heavy atom. The number of amides is 1. The molecule has 2 fully saturated rings.